The number of urea groups is 1. The number of hydrogen-bond acceptors (Lipinski definition) is 3. The fourth-order valence-corrected chi connectivity index (χ4v) is 4.90. The fourth-order valence-electron chi connectivity index (χ4n) is 4.90. The van der Waals surface area contributed by atoms with Crippen molar-refractivity contribution in [1.82, 2.24) is 20.0 Å². The van der Waals surface area contributed by atoms with Crippen LogP contribution in [0.4, 0.5) is 4.79 Å². The number of fused-ring (bicyclic) bond motifs is 2. The van der Waals surface area contributed by atoms with E-state index in [0.717, 1.165) is 32.1 Å². The molecule has 24 heavy (non-hydrogen) atoms. The second-order valence-electron chi connectivity index (χ2n) is 7.74. The van der Waals surface area contributed by atoms with Crippen LogP contribution in [0.1, 0.15) is 51.0 Å². The molecule has 6 heteroatoms. The standard InChI is InChI=1S/C18H28N4O2/c23-17-13-5-3-6-14(17)12-21(11-13)18(24)20-15-7-1-2-8-16(15)22-10-4-9-19-22/h4,9-10,13-17,23H,1-3,5-8,11-12H2,(H,20,24)/t13-,14+,15-,16+,17?/m0/s1. The molecule has 2 N–H and O–H groups in total. The molecule has 2 bridgehead atoms. The summed E-state index contributed by atoms with van der Waals surface area (Å²) in [6.07, 6.45) is 11.3. The van der Waals surface area contributed by atoms with Crippen molar-refractivity contribution in [1.29, 1.82) is 0 Å². The third-order valence-electron chi connectivity index (χ3n) is 6.22. The first-order chi connectivity index (χ1) is 11.7. The Kier molecular flexibility index (Phi) is 4.48. The lowest BCUT2D eigenvalue weighted by molar-refractivity contribution is -0.0372. The second kappa shape index (κ2) is 6.75. The highest BCUT2D eigenvalue weighted by Gasteiger charge is 2.40. The zero-order chi connectivity index (χ0) is 16.5. The molecule has 1 aromatic rings. The molecule has 5 atom stereocenters. The minimum Gasteiger partial charge on any atom is -0.392 e. The molecule has 3 fully saturated rings. The van der Waals surface area contributed by atoms with Crippen LogP contribution < -0.4 is 5.32 Å². The normalized spacial score (nSPS) is 36.4. The molecule has 0 aromatic carbocycles. The first kappa shape index (κ1) is 15.9. The van der Waals surface area contributed by atoms with E-state index in [0.29, 0.717) is 13.1 Å². The summed E-state index contributed by atoms with van der Waals surface area (Å²) in [6, 6.07) is 2.40. The summed E-state index contributed by atoms with van der Waals surface area (Å²) in [5.41, 5.74) is 0. The average Bonchev–Trinajstić information content (AvgIpc) is 3.09. The van der Waals surface area contributed by atoms with Gasteiger partial charge in [0, 0.05) is 37.3 Å². The molecule has 0 spiro atoms. The number of carbonyl (C=O) groups excluding carboxylic acids is 1. The lowest BCUT2D eigenvalue weighted by Crippen LogP contribution is -2.57. The van der Waals surface area contributed by atoms with Gasteiger partial charge in [0.15, 0.2) is 0 Å². The van der Waals surface area contributed by atoms with Crippen molar-refractivity contribution in [2.45, 2.75) is 63.1 Å². The summed E-state index contributed by atoms with van der Waals surface area (Å²) < 4.78 is 2.00. The minimum absolute atomic E-state index is 0.0443. The van der Waals surface area contributed by atoms with Crippen LogP contribution in [0.15, 0.2) is 18.5 Å². The molecule has 3 aliphatic rings. The van der Waals surface area contributed by atoms with Gasteiger partial charge in [-0.3, -0.25) is 4.68 Å². The first-order valence-corrected chi connectivity index (χ1v) is 9.45. The molecule has 2 heterocycles. The van der Waals surface area contributed by atoms with Gasteiger partial charge in [0.25, 0.3) is 0 Å². The summed E-state index contributed by atoms with van der Waals surface area (Å²) in [5, 5.41) is 18.0. The molecular weight excluding hydrogens is 304 g/mol. The third-order valence-corrected chi connectivity index (χ3v) is 6.22. The number of nitrogens with one attached hydrogen (secondary N) is 1. The SMILES string of the molecule is O=C(N[C@H]1CCCC[C@H]1n1cccn1)N1C[C@H]2CCC[C@@H](C1)C2O. The van der Waals surface area contributed by atoms with Gasteiger partial charge >= 0.3 is 6.03 Å². The number of rotatable bonds is 2. The zero-order valence-electron chi connectivity index (χ0n) is 14.2. The largest absolute Gasteiger partial charge is 0.392 e. The topological polar surface area (TPSA) is 70.4 Å². The number of piperidine rings is 1. The van der Waals surface area contributed by atoms with E-state index >= 15 is 0 Å². The highest BCUT2D eigenvalue weighted by molar-refractivity contribution is 5.74. The van der Waals surface area contributed by atoms with Gasteiger partial charge in [-0.05, 0) is 31.7 Å². The van der Waals surface area contributed by atoms with Crippen LogP contribution in [-0.2, 0) is 0 Å². The van der Waals surface area contributed by atoms with Gasteiger partial charge in [0.1, 0.15) is 0 Å². The molecular formula is C18H28N4O2. The van der Waals surface area contributed by atoms with Gasteiger partial charge in [0.05, 0.1) is 18.2 Å². The lowest BCUT2D eigenvalue weighted by Gasteiger charge is -2.45. The van der Waals surface area contributed by atoms with E-state index in [4.69, 9.17) is 0 Å². The van der Waals surface area contributed by atoms with Crippen LogP contribution >= 0.6 is 0 Å². The highest BCUT2D eigenvalue weighted by Crippen LogP contribution is 2.35. The van der Waals surface area contributed by atoms with E-state index in [1.807, 2.05) is 21.8 Å². The predicted molar refractivity (Wildman–Crippen MR) is 90.5 cm³/mol. The Morgan fingerprint density at radius 1 is 1.08 bits per heavy atom. The van der Waals surface area contributed by atoms with Crippen molar-refractivity contribution in [2.75, 3.05) is 13.1 Å². The lowest BCUT2D eigenvalue weighted by atomic mass is 9.75. The van der Waals surface area contributed by atoms with Crippen molar-refractivity contribution >= 4 is 6.03 Å². The van der Waals surface area contributed by atoms with Crippen molar-refractivity contribution in [3.63, 3.8) is 0 Å². The monoisotopic (exact) mass is 332 g/mol. The maximum Gasteiger partial charge on any atom is 0.317 e. The quantitative estimate of drug-likeness (QED) is 0.872. The molecule has 2 aliphatic carbocycles. The van der Waals surface area contributed by atoms with E-state index < -0.39 is 0 Å². The molecule has 6 nitrogen and oxygen atoms in total. The van der Waals surface area contributed by atoms with Gasteiger partial charge in [-0.25, -0.2) is 4.79 Å². The van der Waals surface area contributed by atoms with Crippen LogP contribution in [0.25, 0.3) is 0 Å². The van der Waals surface area contributed by atoms with E-state index in [-0.39, 0.29) is 36.1 Å². The smallest absolute Gasteiger partial charge is 0.317 e. The summed E-state index contributed by atoms with van der Waals surface area (Å²) in [5.74, 6) is 0.521. The zero-order valence-corrected chi connectivity index (χ0v) is 14.2. The Hall–Kier alpha value is -1.56. The summed E-state index contributed by atoms with van der Waals surface area (Å²) in [4.78, 5) is 14.8. The van der Waals surface area contributed by atoms with Gasteiger partial charge in [-0.2, -0.15) is 5.10 Å². The molecule has 1 unspecified atom stereocenters. The van der Waals surface area contributed by atoms with Crippen molar-refractivity contribution < 1.29 is 9.90 Å². The molecule has 2 saturated carbocycles. The number of aromatic nitrogens is 2. The Morgan fingerprint density at radius 2 is 1.83 bits per heavy atom. The van der Waals surface area contributed by atoms with Gasteiger partial charge in [-0.15, -0.1) is 0 Å². The van der Waals surface area contributed by atoms with Gasteiger partial charge < -0.3 is 15.3 Å². The molecule has 1 saturated heterocycles. The molecule has 132 valence electrons. The third kappa shape index (κ3) is 3.04. The van der Waals surface area contributed by atoms with Crippen molar-refractivity contribution in [2.24, 2.45) is 11.8 Å². The minimum atomic E-state index is -0.214. The second-order valence-corrected chi connectivity index (χ2v) is 7.74. The number of hydrogen-bond donors (Lipinski definition) is 2. The molecule has 0 radical (unpaired) electrons. The Morgan fingerprint density at radius 3 is 2.54 bits per heavy atom. The van der Waals surface area contributed by atoms with Gasteiger partial charge in [-0.1, -0.05) is 19.3 Å². The summed E-state index contributed by atoms with van der Waals surface area (Å²) >= 11 is 0. The highest BCUT2D eigenvalue weighted by atomic mass is 16.3. The summed E-state index contributed by atoms with van der Waals surface area (Å²) in [7, 11) is 0. The van der Waals surface area contributed by atoms with E-state index in [9.17, 15) is 9.90 Å². The molecule has 4 rings (SSSR count). The number of aliphatic hydroxyl groups is 1. The van der Waals surface area contributed by atoms with Crippen molar-refractivity contribution in [3.05, 3.63) is 18.5 Å². The van der Waals surface area contributed by atoms with E-state index in [1.165, 1.54) is 12.8 Å². The van der Waals surface area contributed by atoms with Crippen LogP contribution in [0, 0.1) is 11.8 Å². The Labute approximate surface area is 143 Å². The van der Waals surface area contributed by atoms with Crippen LogP contribution in [0.3, 0.4) is 0 Å². The van der Waals surface area contributed by atoms with Crippen LogP contribution in [0.5, 0.6) is 0 Å². The van der Waals surface area contributed by atoms with Crippen LogP contribution in [-0.4, -0.2) is 51.1 Å². The van der Waals surface area contributed by atoms with Crippen molar-refractivity contribution in [3.8, 4) is 0 Å². The van der Waals surface area contributed by atoms with Crippen LogP contribution in [0.2, 0.25) is 0 Å². The van der Waals surface area contributed by atoms with E-state index in [2.05, 4.69) is 10.4 Å². The molecule has 1 aromatic heterocycles. The maximum atomic E-state index is 12.8. The Balaban J connectivity index is 1.41. The number of carbonyl (C=O) groups is 1. The number of likely N-dealkylation sites (tertiary alicyclic amines) is 1. The number of amides is 2. The summed E-state index contributed by atoms with van der Waals surface area (Å²) in [6.45, 7) is 1.39. The maximum absolute atomic E-state index is 12.8. The molecule has 1 aliphatic heterocycles. The van der Waals surface area contributed by atoms with E-state index in [1.54, 1.807) is 6.20 Å². The van der Waals surface area contributed by atoms with Gasteiger partial charge in [0.2, 0.25) is 0 Å². The Bertz CT molecular complexity index is 547. The average molecular weight is 332 g/mol. The predicted octanol–water partition coefficient (Wildman–Crippen LogP) is 2.17. The molecule has 2 amide bonds. The number of aliphatic hydroxyl groups excluding tert-OH is 1. The fraction of sp³-hybridized carbons (Fsp3) is 0.778. The first-order valence-electron chi connectivity index (χ1n) is 9.45. The number of nitrogens with zero attached hydrogens (tertiary/aromatic N) is 3.